The summed E-state index contributed by atoms with van der Waals surface area (Å²) in [6, 6.07) is 17.9. The van der Waals surface area contributed by atoms with Crippen molar-refractivity contribution in [1.29, 1.82) is 0 Å². The van der Waals surface area contributed by atoms with Crippen LogP contribution in [0.4, 0.5) is 5.69 Å². The number of rotatable bonds is 7. The average Bonchev–Trinajstić information content (AvgIpc) is 3.19. The number of anilines is 1. The SMILES string of the molecule is CCOc1ccc(-n2nc3ccc(NC(=O)c4ccc(OCC)c(Cl)c4)cc3n2)cc1. The summed E-state index contributed by atoms with van der Waals surface area (Å²) in [5.74, 6) is 1.07. The molecule has 0 atom stereocenters. The van der Waals surface area contributed by atoms with Gasteiger partial charge in [0.15, 0.2) is 0 Å². The quantitative estimate of drug-likeness (QED) is 0.435. The second-order valence-electron chi connectivity index (χ2n) is 6.65. The van der Waals surface area contributed by atoms with Crippen molar-refractivity contribution < 1.29 is 14.3 Å². The predicted molar refractivity (Wildman–Crippen MR) is 121 cm³/mol. The standard InChI is InChI=1S/C23H21ClN4O3/c1-3-30-18-9-7-17(8-10-18)28-26-20-11-6-16(14-21(20)27-28)25-23(29)15-5-12-22(31-4-2)19(24)13-15/h5-14H,3-4H2,1-2H3,(H,25,29). The molecule has 0 aliphatic heterocycles. The van der Waals surface area contributed by atoms with Crippen LogP contribution in [0.3, 0.4) is 0 Å². The largest absolute Gasteiger partial charge is 0.494 e. The zero-order chi connectivity index (χ0) is 21.8. The predicted octanol–water partition coefficient (Wildman–Crippen LogP) is 5.12. The van der Waals surface area contributed by atoms with Crippen LogP contribution < -0.4 is 14.8 Å². The van der Waals surface area contributed by atoms with Crippen LogP contribution in [-0.4, -0.2) is 34.1 Å². The fourth-order valence-corrected chi connectivity index (χ4v) is 3.30. The van der Waals surface area contributed by atoms with Crippen molar-refractivity contribution in [2.75, 3.05) is 18.5 Å². The molecule has 1 aromatic heterocycles. The minimum absolute atomic E-state index is 0.275. The minimum atomic E-state index is -0.275. The molecule has 0 radical (unpaired) electrons. The van der Waals surface area contributed by atoms with Gasteiger partial charge in [-0.05, 0) is 74.5 Å². The third-order valence-electron chi connectivity index (χ3n) is 4.51. The van der Waals surface area contributed by atoms with E-state index in [0.29, 0.717) is 40.8 Å². The lowest BCUT2D eigenvalue weighted by atomic mass is 10.2. The number of benzene rings is 3. The van der Waals surface area contributed by atoms with Crippen LogP contribution in [0, 0.1) is 0 Å². The van der Waals surface area contributed by atoms with Crippen molar-refractivity contribution in [3.63, 3.8) is 0 Å². The molecule has 31 heavy (non-hydrogen) atoms. The summed E-state index contributed by atoms with van der Waals surface area (Å²) in [5.41, 5.74) is 3.24. The van der Waals surface area contributed by atoms with Crippen molar-refractivity contribution in [3.05, 3.63) is 71.2 Å². The van der Waals surface area contributed by atoms with E-state index in [1.54, 1.807) is 35.1 Å². The fraction of sp³-hybridized carbons (Fsp3) is 0.174. The summed E-state index contributed by atoms with van der Waals surface area (Å²) in [6.07, 6.45) is 0. The summed E-state index contributed by atoms with van der Waals surface area (Å²) in [7, 11) is 0. The van der Waals surface area contributed by atoms with E-state index in [-0.39, 0.29) is 5.91 Å². The van der Waals surface area contributed by atoms with Gasteiger partial charge in [-0.15, -0.1) is 10.2 Å². The molecule has 4 aromatic rings. The number of carbonyl (C=O) groups excluding carboxylic acids is 1. The first-order valence-electron chi connectivity index (χ1n) is 9.91. The fourth-order valence-electron chi connectivity index (χ4n) is 3.07. The van der Waals surface area contributed by atoms with E-state index in [1.807, 2.05) is 44.2 Å². The van der Waals surface area contributed by atoms with Gasteiger partial charge in [0, 0.05) is 11.3 Å². The van der Waals surface area contributed by atoms with Gasteiger partial charge in [0.25, 0.3) is 5.91 Å². The lowest BCUT2D eigenvalue weighted by Gasteiger charge is -2.08. The second kappa shape index (κ2) is 9.06. The van der Waals surface area contributed by atoms with Crippen LogP contribution in [0.15, 0.2) is 60.7 Å². The first kappa shape index (κ1) is 20.7. The molecule has 0 unspecified atom stereocenters. The first-order chi connectivity index (χ1) is 15.1. The van der Waals surface area contributed by atoms with Gasteiger partial charge in [0.05, 0.1) is 23.9 Å². The molecule has 8 heteroatoms. The molecular weight excluding hydrogens is 416 g/mol. The van der Waals surface area contributed by atoms with Crippen LogP contribution in [0.2, 0.25) is 5.02 Å². The van der Waals surface area contributed by atoms with Crippen molar-refractivity contribution in [1.82, 2.24) is 15.0 Å². The summed E-state index contributed by atoms with van der Waals surface area (Å²) in [5, 5.41) is 12.3. The molecule has 158 valence electrons. The zero-order valence-corrected chi connectivity index (χ0v) is 17.9. The Morgan fingerprint density at radius 2 is 1.68 bits per heavy atom. The van der Waals surface area contributed by atoms with Gasteiger partial charge >= 0.3 is 0 Å². The van der Waals surface area contributed by atoms with Crippen molar-refractivity contribution in [3.8, 4) is 17.2 Å². The molecule has 7 nitrogen and oxygen atoms in total. The minimum Gasteiger partial charge on any atom is -0.494 e. The molecule has 1 N–H and O–H groups in total. The number of halogens is 1. The second-order valence-corrected chi connectivity index (χ2v) is 7.06. The number of aromatic nitrogens is 3. The third-order valence-corrected chi connectivity index (χ3v) is 4.81. The number of fused-ring (bicyclic) bond motifs is 1. The number of hydrogen-bond donors (Lipinski definition) is 1. The highest BCUT2D eigenvalue weighted by Crippen LogP contribution is 2.26. The Labute approximate surface area is 184 Å². The summed E-state index contributed by atoms with van der Waals surface area (Å²) in [6.45, 7) is 4.93. The van der Waals surface area contributed by atoms with Crippen LogP contribution in [-0.2, 0) is 0 Å². The number of nitrogens with one attached hydrogen (secondary N) is 1. The van der Waals surface area contributed by atoms with Gasteiger partial charge in [-0.3, -0.25) is 4.79 Å². The molecule has 0 bridgehead atoms. The average molecular weight is 437 g/mol. The van der Waals surface area contributed by atoms with Crippen LogP contribution in [0.25, 0.3) is 16.7 Å². The van der Waals surface area contributed by atoms with Gasteiger partial charge in [-0.25, -0.2) is 0 Å². The highest BCUT2D eigenvalue weighted by atomic mass is 35.5. The Kier molecular flexibility index (Phi) is 6.04. The van der Waals surface area contributed by atoms with E-state index in [4.69, 9.17) is 21.1 Å². The molecule has 0 spiro atoms. The highest BCUT2D eigenvalue weighted by molar-refractivity contribution is 6.32. The lowest BCUT2D eigenvalue weighted by molar-refractivity contribution is 0.102. The van der Waals surface area contributed by atoms with Crippen molar-refractivity contribution in [2.24, 2.45) is 0 Å². The third kappa shape index (κ3) is 4.62. The number of hydrogen-bond acceptors (Lipinski definition) is 5. The molecule has 4 rings (SSSR count). The summed E-state index contributed by atoms with van der Waals surface area (Å²) in [4.78, 5) is 14.2. The monoisotopic (exact) mass is 436 g/mol. The van der Waals surface area contributed by atoms with Crippen molar-refractivity contribution in [2.45, 2.75) is 13.8 Å². The highest BCUT2D eigenvalue weighted by Gasteiger charge is 2.12. The Morgan fingerprint density at radius 3 is 2.39 bits per heavy atom. The Morgan fingerprint density at radius 1 is 0.935 bits per heavy atom. The van der Waals surface area contributed by atoms with Gasteiger partial charge in [0.2, 0.25) is 0 Å². The van der Waals surface area contributed by atoms with Crippen LogP contribution in [0.5, 0.6) is 11.5 Å². The van der Waals surface area contributed by atoms with Crippen LogP contribution in [0.1, 0.15) is 24.2 Å². The lowest BCUT2D eigenvalue weighted by Crippen LogP contribution is -2.11. The zero-order valence-electron chi connectivity index (χ0n) is 17.1. The topological polar surface area (TPSA) is 78.3 Å². The maximum Gasteiger partial charge on any atom is 0.255 e. The number of carbonyl (C=O) groups is 1. The van der Waals surface area contributed by atoms with Gasteiger partial charge in [-0.1, -0.05) is 11.6 Å². The molecule has 0 fully saturated rings. The molecule has 0 aliphatic rings. The maximum absolute atomic E-state index is 12.6. The molecule has 3 aromatic carbocycles. The molecular formula is C23H21ClN4O3. The first-order valence-corrected chi connectivity index (χ1v) is 10.3. The maximum atomic E-state index is 12.6. The van der Waals surface area contributed by atoms with E-state index < -0.39 is 0 Å². The Bertz CT molecular complexity index is 1220. The van der Waals surface area contributed by atoms with Crippen molar-refractivity contribution >= 4 is 34.2 Å². The molecule has 0 aliphatic carbocycles. The van der Waals surface area contributed by atoms with E-state index in [9.17, 15) is 4.79 Å². The van der Waals surface area contributed by atoms with E-state index >= 15 is 0 Å². The Balaban J connectivity index is 1.52. The van der Waals surface area contributed by atoms with Gasteiger partial charge in [-0.2, -0.15) is 4.80 Å². The number of nitrogens with zero attached hydrogens (tertiary/aromatic N) is 3. The smallest absolute Gasteiger partial charge is 0.255 e. The van der Waals surface area contributed by atoms with Crippen LogP contribution >= 0.6 is 11.6 Å². The molecule has 0 saturated heterocycles. The van der Waals surface area contributed by atoms with E-state index in [1.165, 1.54) is 0 Å². The number of amides is 1. The molecule has 1 heterocycles. The van der Waals surface area contributed by atoms with E-state index in [2.05, 4.69) is 15.5 Å². The normalized spacial score (nSPS) is 10.8. The van der Waals surface area contributed by atoms with Gasteiger partial charge < -0.3 is 14.8 Å². The Hall–Kier alpha value is -3.58. The van der Waals surface area contributed by atoms with E-state index in [0.717, 1.165) is 17.0 Å². The number of ether oxygens (including phenoxy) is 2. The van der Waals surface area contributed by atoms with Gasteiger partial charge in [0.1, 0.15) is 22.5 Å². The summed E-state index contributed by atoms with van der Waals surface area (Å²) >= 11 is 6.19. The summed E-state index contributed by atoms with van der Waals surface area (Å²) < 4.78 is 10.9. The molecule has 0 saturated carbocycles. The molecule has 1 amide bonds.